The number of carbonyl (C=O) groups excluding carboxylic acids is 1. The van der Waals surface area contributed by atoms with E-state index in [0.717, 1.165) is 37.9 Å². The van der Waals surface area contributed by atoms with Crippen LogP contribution in [0.3, 0.4) is 0 Å². The van der Waals surface area contributed by atoms with Gasteiger partial charge in [-0.1, -0.05) is 12.1 Å². The van der Waals surface area contributed by atoms with Crippen LogP contribution in [-0.2, 0) is 14.9 Å². The fourth-order valence-corrected chi connectivity index (χ4v) is 7.35. The van der Waals surface area contributed by atoms with Gasteiger partial charge in [0.25, 0.3) is 0 Å². The van der Waals surface area contributed by atoms with Gasteiger partial charge < -0.3 is 19.7 Å². The summed E-state index contributed by atoms with van der Waals surface area (Å²) in [6.45, 7) is 1.71. The number of rotatable bonds is 3. The number of benzene rings is 1. The molecule has 0 aromatic heterocycles. The van der Waals surface area contributed by atoms with Crippen LogP contribution in [0.2, 0.25) is 0 Å². The quantitative estimate of drug-likeness (QED) is 0.727. The van der Waals surface area contributed by atoms with Gasteiger partial charge in [0, 0.05) is 16.9 Å². The minimum absolute atomic E-state index is 0.123. The zero-order valence-electron chi connectivity index (χ0n) is 17.3. The lowest BCUT2D eigenvalue weighted by Gasteiger charge is -2.59. The number of carboxylic acid groups (broad SMARTS) is 1. The SMILES string of the molecule is COC(=O)C(O)C12CCCN3CCC4(c5cccc(OC)c5N(C(=O)O)C4CC1)C32. The summed E-state index contributed by atoms with van der Waals surface area (Å²) in [5.41, 5.74) is 0.460. The van der Waals surface area contributed by atoms with Gasteiger partial charge in [0.05, 0.1) is 25.9 Å². The largest absolute Gasteiger partial charge is 0.495 e. The number of esters is 1. The number of aliphatic hydroxyl groups is 1. The standard InChI is InChI=1S/C22H28N2O6/c1-29-14-6-3-5-13-16(14)24(20(27)28)15-7-9-21(17(25)18(26)30-2)8-4-11-23-12-10-22(13,15)19(21)23/h3,5-6,15,17,19,25H,4,7-12H2,1-2H3,(H,27,28). The third-order valence-corrected chi connectivity index (χ3v) is 8.22. The van der Waals surface area contributed by atoms with Crippen LogP contribution in [0.1, 0.15) is 37.7 Å². The van der Waals surface area contributed by atoms with Gasteiger partial charge in [0.15, 0.2) is 6.10 Å². The van der Waals surface area contributed by atoms with E-state index in [1.165, 1.54) is 12.0 Å². The number of ether oxygens (including phenoxy) is 2. The Hall–Kier alpha value is -2.32. The highest BCUT2D eigenvalue weighted by Crippen LogP contribution is 2.66. The molecule has 8 nitrogen and oxygen atoms in total. The molecule has 2 N–H and O–H groups in total. The number of methoxy groups -OCH3 is 2. The van der Waals surface area contributed by atoms with Crippen LogP contribution in [-0.4, -0.2) is 72.7 Å². The average molecular weight is 416 g/mol. The Morgan fingerprint density at radius 2 is 2.00 bits per heavy atom. The van der Waals surface area contributed by atoms with Gasteiger partial charge in [-0.15, -0.1) is 0 Å². The molecule has 5 unspecified atom stereocenters. The zero-order chi connectivity index (χ0) is 21.3. The van der Waals surface area contributed by atoms with Gasteiger partial charge >= 0.3 is 12.1 Å². The van der Waals surface area contributed by atoms with Crippen LogP contribution in [0.15, 0.2) is 18.2 Å². The molecule has 5 rings (SSSR count). The Labute approximate surface area is 175 Å². The van der Waals surface area contributed by atoms with Crippen molar-refractivity contribution in [2.45, 2.75) is 55.7 Å². The number of aliphatic hydroxyl groups excluding tert-OH is 1. The van der Waals surface area contributed by atoms with Crippen molar-refractivity contribution >= 4 is 17.7 Å². The van der Waals surface area contributed by atoms with Crippen molar-refractivity contribution in [2.24, 2.45) is 5.41 Å². The number of para-hydroxylation sites is 1. The Balaban J connectivity index is 1.74. The summed E-state index contributed by atoms with van der Waals surface area (Å²) in [6, 6.07) is 5.35. The van der Waals surface area contributed by atoms with Crippen molar-refractivity contribution in [3.63, 3.8) is 0 Å². The molecule has 30 heavy (non-hydrogen) atoms. The van der Waals surface area contributed by atoms with Gasteiger partial charge in [-0.2, -0.15) is 0 Å². The second-order valence-electron chi connectivity index (χ2n) is 9.05. The van der Waals surface area contributed by atoms with Crippen LogP contribution in [0.25, 0.3) is 0 Å². The Bertz CT molecular complexity index is 906. The number of amides is 1. The van der Waals surface area contributed by atoms with Crippen LogP contribution in [0.5, 0.6) is 5.75 Å². The third kappa shape index (κ3) is 2.18. The summed E-state index contributed by atoms with van der Waals surface area (Å²) in [4.78, 5) is 28.8. The van der Waals surface area contributed by atoms with E-state index in [9.17, 15) is 19.8 Å². The van der Waals surface area contributed by atoms with Crippen LogP contribution in [0.4, 0.5) is 10.5 Å². The lowest BCUT2D eigenvalue weighted by molar-refractivity contribution is -0.172. The highest BCUT2D eigenvalue weighted by Gasteiger charge is 2.71. The number of hydrogen-bond acceptors (Lipinski definition) is 6. The van der Waals surface area contributed by atoms with E-state index in [1.807, 2.05) is 12.1 Å². The molecule has 8 heteroatoms. The molecule has 1 aromatic carbocycles. The lowest BCUT2D eigenvalue weighted by atomic mass is 9.51. The van der Waals surface area contributed by atoms with Crippen molar-refractivity contribution in [1.82, 2.24) is 4.90 Å². The van der Waals surface area contributed by atoms with Crippen molar-refractivity contribution in [3.05, 3.63) is 23.8 Å². The van der Waals surface area contributed by atoms with E-state index in [1.54, 1.807) is 13.2 Å². The molecule has 3 fully saturated rings. The fraction of sp³-hybridized carbons (Fsp3) is 0.636. The number of fused-ring (bicyclic) bond motifs is 1. The van der Waals surface area contributed by atoms with E-state index in [2.05, 4.69) is 4.90 Å². The maximum absolute atomic E-state index is 12.5. The summed E-state index contributed by atoms with van der Waals surface area (Å²) >= 11 is 0. The van der Waals surface area contributed by atoms with Crippen LogP contribution >= 0.6 is 0 Å². The predicted molar refractivity (Wildman–Crippen MR) is 108 cm³/mol. The molecule has 4 aliphatic rings. The van der Waals surface area contributed by atoms with Gasteiger partial charge in [0.2, 0.25) is 0 Å². The van der Waals surface area contributed by atoms with E-state index in [4.69, 9.17) is 9.47 Å². The average Bonchev–Trinajstić information content (AvgIpc) is 3.30. The number of nitrogens with zero attached hydrogens (tertiary/aromatic N) is 2. The van der Waals surface area contributed by atoms with Crippen LogP contribution in [0, 0.1) is 5.41 Å². The first-order chi connectivity index (χ1) is 14.4. The maximum atomic E-state index is 12.5. The first-order valence-electron chi connectivity index (χ1n) is 10.6. The Kier molecular flexibility index (Phi) is 4.31. The number of piperidine rings is 1. The summed E-state index contributed by atoms with van der Waals surface area (Å²) in [5, 5.41) is 21.3. The first kappa shape index (κ1) is 19.6. The fourth-order valence-electron chi connectivity index (χ4n) is 7.35. The number of anilines is 1. The minimum atomic E-state index is -1.22. The number of hydrogen-bond donors (Lipinski definition) is 2. The van der Waals surface area contributed by atoms with Crippen molar-refractivity contribution in [3.8, 4) is 5.75 Å². The highest BCUT2D eigenvalue weighted by atomic mass is 16.5. The van der Waals surface area contributed by atoms with Crippen molar-refractivity contribution in [2.75, 3.05) is 32.2 Å². The molecular formula is C22H28N2O6. The van der Waals surface area contributed by atoms with Gasteiger partial charge in [-0.25, -0.2) is 9.59 Å². The molecule has 0 bridgehead atoms. The number of carbonyl (C=O) groups is 2. The second kappa shape index (κ2) is 6.59. The molecular weight excluding hydrogens is 388 g/mol. The lowest BCUT2D eigenvalue weighted by Crippen LogP contribution is -2.69. The molecule has 1 amide bonds. The summed E-state index contributed by atoms with van der Waals surface area (Å²) in [7, 11) is 2.86. The molecule has 0 radical (unpaired) electrons. The minimum Gasteiger partial charge on any atom is -0.495 e. The normalized spacial score (nSPS) is 35.2. The van der Waals surface area contributed by atoms with Gasteiger partial charge in [0.1, 0.15) is 5.75 Å². The van der Waals surface area contributed by atoms with Gasteiger partial charge in [-0.05, 0) is 56.8 Å². The Morgan fingerprint density at radius 3 is 2.70 bits per heavy atom. The molecule has 3 heterocycles. The molecule has 1 spiro atoms. The van der Waals surface area contributed by atoms with E-state index in [-0.39, 0.29) is 12.1 Å². The summed E-state index contributed by atoms with van der Waals surface area (Å²) < 4.78 is 10.5. The smallest absolute Gasteiger partial charge is 0.412 e. The first-order valence-corrected chi connectivity index (χ1v) is 10.6. The molecule has 1 aromatic rings. The molecule has 3 aliphatic heterocycles. The summed E-state index contributed by atoms with van der Waals surface area (Å²) in [6.07, 6.45) is 1.38. The topological polar surface area (TPSA) is 99.5 Å². The zero-order valence-corrected chi connectivity index (χ0v) is 17.3. The van der Waals surface area contributed by atoms with Gasteiger partial charge in [-0.3, -0.25) is 9.80 Å². The van der Waals surface area contributed by atoms with Crippen LogP contribution < -0.4 is 9.64 Å². The van der Waals surface area contributed by atoms with Crippen molar-refractivity contribution < 1.29 is 29.3 Å². The maximum Gasteiger partial charge on any atom is 0.412 e. The molecule has 1 saturated carbocycles. The van der Waals surface area contributed by atoms with E-state index < -0.39 is 29.0 Å². The van der Waals surface area contributed by atoms with E-state index in [0.29, 0.717) is 24.3 Å². The molecule has 162 valence electrons. The highest BCUT2D eigenvalue weighted by molar-refractivity contribution is 5.94. The summed E-state index contributed by atoms with van der Waals surface area (Å²) in [5.74, 6) is -0.0524. The third-order valence-electron chi connectivity index (χ3n) is 8.22. The molecule has 5 atom stereocenters. The van der Waals surface area contributed by atoms with E-state index >= 15 is 0 Å². The predicted octanol–water partition coefficient (Wildman–Crippen LogP) is 1.98. The molecule has 2 saturated heterocycles. The molecule has 1 aliphatic carbocycles. The Morgan fingerprint density at radius 1 is 1.20 bits per heavy atom. The monoisotopic (exact) mass is 416 g/mol. The second-order valence-corrected chi connectivity index (χ2v) is 9.05. The van der Waals surface area contributed by atoms with Crippen molar-refractivity contribution in [1.29, 1.82) is 0 Å².